The van der Waals surface area contributed by atoms with Crippen molar-refractivity contribution < 1.29 is 14.4 Å². The molecule has 25 nitrogen and oxygen atoms in total. The molecule has 6 aromatic heterocycles. The second kappa shape index (κ2) is 36.9. The Labute approximate surface area is 640 Å². The Morgan fingerprint density at radius 3 is 1.16 bits per heavy atom. The van der Waals surface area contributed by atoms with Crippen LogP contribution in [-0.4, -0.2) is 155 Å². The first-order valence-corrected chi connectivity index (χ1v) is 38.0. The number of nitrogens with one attached hydrogen (secondary N) is 10. The minimum atomic E-state index is -0.306. The Morgan fingerprint density at radius 1 is 0.440 bits per heavy atom. The number of aryl methyl sites for hydroxylation is 2. The zero-order valence-corrected chi connectivity index (χ0v) is 64.8. The fourth-order valence-corrected chi connectivity index (χ4v) is 14.2. The summed E-state index contributed by atoms with van der Waals surface area (Å²) in [6, 6.07) is 39.1. The van der Waals surface area contributed by atoms with Crippen molar-refractivity contribution in [3.05, 3.63) is 206 Å². The number of benzene rings is 4. The zero-order chi connectivity index (χ0) is 77.3. The molecule has 0 unspecified atom stereocenters. The number of fused-ring (bicyclic) bond motifs is 3. The van der Waals surface area contributed by atoms with Crippen molar-refractivity contribution in [3.8, 4) is 0 Å². The first-order valence-electron chi connectivity index (χ1n) is 38.0. The maximum Gasteiger partial charge on any atom is 0.255 e. The molecule has 3 fully saturated rings. The van der Waals surface area contributed by atoms with E-state index in [1.807, 2.05) is 117 Å². The van der Waals surface area contributed by atoms with Crippen molar-refractivity contribution in [2.24, 2.45) is 0 Å². The summed E-state index contributed by atoms with van der Waals surface area (Å²) in [6.07, 6.45) is 25.4. The van der Waals surface area contributed by atoms with Crippen LogP contribution in [0, 0.1) is 0 Å². The van der Waals surface area contributed by atoms with Crippen molar-refractivity contribution in [2.75, 3.05) is 95.5 Å². The van der Waals surface area contributed by atoms with Gasteiger partial charge in [-0.15, -0.1) is 0 Å². The van der Waals surface area contributed by atoms with Crippen molar-refractivity contribution in [1.29, 1.82) is 0 Å². The molecule has 4 aromatic carbocycles. The van der Waals surface area contributed by atoms with E-state index < -0.39 is 0 Å². The van der Waals surface area contributed by atoms with Crippen LogP contribution in [0.1, 0.15) is 138 Å². The fraction of sp³-hybridized carbons (Fsp3) is 0.369. The molecule has 25 heteroatoms. The highest BCUT2D eigenvalue weighted by molar-refractivity contribution is 6.05. The monoisotopic (exact) mass is 1470 g/mol. The Hall–Kier alpha value is -11.4. The van der Waals surface area contributed by atoms with Gasteiger partial charge < -0.3 is 67.9 Å². The highest BCUT2D eigenvalue weighted by Crippen LogP contribution is 2.34. The highest BCUT2D eigenvalue weighted by Gasteiger charge is 2.27. The van der Waals surface area contributed by atoms with Crippen LogP contribution in [0.5, 0.6) is 0 Å². The Bertz CT molecular complexity index is 4800. The smallest absolute Gasteiger partial charge is 0.255 e. The van der Waals surface area contributed by atoms with Gasteiger partial charge >= 0.3 is 0 Å². The predicted octanol–water partition coefficient (Wildman–Crippen LogP) is 16.1. The molecule has 6 heterocycles. The van der Waals surface area contributed by atoms with Gasteiger partial charge in [0, 0.05) is 122 Å². The molecular formula is C84H108N22O3. The van der Waals surface area contributed by atoms with Gasteiger partial charge in [0.2, 0.25) is 11.8 Å². The van der Waals surface area contributed by atoms with E-state index >= 15 is 0 Å². The van der Waals surface area contributed by atoms with Gasteiger partial charge in [0.05, 0.1) is 18.6 Å². The molecule has 13 rings (SSSR count). The first-order chi connectivity index (χ1) is 52.6. The molecular weight excluding hydrogens is 1370 g/mol. The Morgan fingerprint density at radius 2 is 0.789 bits per heavy atom. The quantitative estimate of drug-likeness (QED) is 0.0169. The summed E-state index contributed by atoms with van der Waals surface area (Å²) in [6.45, 7) is 23.2. The number of aromatic nitrogens is 9. The van der Waals surface area contributed by atoms with Crippen LogP contribution in [0.15, 0.2) is 184 Å². The largest absolute Gasteiger partial charge is 0.367 e. The van der Waals surface area contributed by atoms with Gasteiger partial charge in [-0.25, -0.2) is 15.0 Å². The first kappa shape index (κ1) is 78.7. The lowest BCUT2D eigenvalue weighted by Gasteiger charge is -2.33. The summed E-state index contributed by atoms with van der Waals surface area (Å²) in [5, 5.41) is 47.0. The maximum absolute atomic E-state index is 12.9. The summed E-state index contributed by atoms with van der Waals surface area (Å²) in [5.74, 6) is 4.57. The topological polar surface area (TPSA) is 272 Å². The van der Waals surface area contributed by atoms with Gasteiger partial charge in [-0.2, -0.15) is 28.8 Å². The number of carbonyl (C=O) groups is 3. The molecule has 0 aliphatic heterocycles. The lowest BCUT2D eigenvalue weighted by Crippen LogP contribution is -2.36. The third-order valence-corrected chi connectivity index (χ3v) is 20.6. The summed E-state index contributed by atoms with van der Waals surface area (Å²) < 4.78 is 5.55. The minimum Gasteiger partial charge on any atom is -0.367 e. The van der Waals surface area contributed by atoms with E-state index in [4.69, 9.17) is 15.0 Å². The van der Waals surface area contributed by atoms with Gasteiger partial charge in [-0.3, -0.25) is 14.4 Å². The molecule has 0 atom stereocenters. The van der Waals surface area contributed by atoms with E-state index in [0.29, 0.717) is 64.8 Å². The predicted molar refractivity (Wildman–Crippen MR) is 446 cm³/mol. The zero-order valence-electron chi connectivity index (χ0n) is 64.8. The number of nitrogens with zero attached hydrogens (tertiary/aromatic N) is 12. The van der Waals surface area contributed by atoms with Crippen LogP contribution in [0.25, 0.3) is 16.9 Å². The van der Waals surface area contributed by atoms with E-state index in [9.17, 15) is 14.4 Å². The van der Waals surface area contributed by atoms with E-state index in [1.165, 1.54) is 50.7 Å². The van der Waals surface area contributed by atoms with Gasteiger partial charge in [-0.05, 0) is 235 Å². The van der Waals surface area contributed by atoms with Crippen LogP contribution in [-0.2, 0) is 22.4 Å². The molecule has 0 radical (unpaired) electrons. The summed E-state index contributed by atoms with van der Waals surface area (Å²) >= 11 is 0. The van der Waals surface area contributed by atoms with Gasteiger partial charge in [0.25, 0.3) is 5.91 Å². The standard InChI is InChI=1S/C32H38N8O2.C27H37N7.C25H33N7O/c1-5-21-20-33-40-29(19-28(38-31(21)40)34-23-14-16-27(17-15-23)39(3)4)35-25-8-7-9-26(18-25)37-32(42)22-10-12-24(13-11-22)36-30(41)6-2;1-7-19(4)29-21-9-8-10-22(15-21)31-26-16-25(30-20-11-13-23(14-12-20)33(5)6)32-27-24(18(2)3)17-28-34(26)27;1-5-17-16-26-32-23(28-19-8-7-9-20(14-19)29-24(33)6-2)15-22(30-25(17)32)27-18-10-12-21(13-11-18)31(3)4/h6-13,18-20,23,27,35H,2,5,14-17H2,1,3-4H3,(H,34,38)(H,36,41)(H,37,42);7-10,15-18,20,23,29,31H,1,4,11-14H2,2-3,5-6H3,(H,30,32);6-9,14-16,18,21,28H,2,5,10-13H2,1,3-4H3,(H,27,30)(H,29,33). The van der Waals surface area contributed by atoms with E-state index in [2.05, 4.69) is 186 Å². The molecule has 10 aromatic rings. The number of anilines is 13. The van der Waals surface area contributed by atoms with Crippen molar-refractivity contribution >= 4 is 109 Å². The molecule has 0 saturated heterocycles. The average molecular weight is 1470 g/mol. The van der Waals surface area contributed by atoms with Crippen molar-refractivity contribution in [1.82, 2.24) is 58.5 Å². The lowest BCUT2D eigenvalue weighted by molar-refractivity contribution is -0.112. The molecule has 109 heavy (non-hydrogen) atoms. The van der Waals surface area contributed by atoms with Crippen LogP contribution in [0.2, 0.25) is 0 Å². The molecule has 572 valence electrons. The number of rotatable bonds is 27. The number of amides is 3. The fourth-order valence-electron chi connectivity index (χ4n) is 14.2. The second-order valence-electron chi connectivity index (χ2n) is 29.3. The third-order valence-electron chi connectivity index (χ3n) is 20.6. The number of hydrogen-bond donors (Lipinski definition) is 10. The van der Waals surface area contributed by atoms with Crippen molar-refractivity contribution in [3.63, 3.8) is 0 Å². The number of carbonyl (C=O) groups excluding carboxylic acids is 3. The molecule has 3 amide bonds. The van der Waals surface area contributed by atoms with Gasteiger partial charge in [0.15, 0.2) is 16.9 Å². The number of hydrogen-bond acceptors (Lipinski definition) is 19. The van der Waals surface area contributed by atoms with Gasteiger partial charge in [0.1, 0.15) is 34.9 Å². The van der Waals surface area contributed by atoms with Crippen LogP contribution >= 0.6 is 0 Å². The van der Waals surface area contributed by atoms with Gasteiger partial charge in [-0.1, -0.05) is 72.2 Å². The lowest BCUT2D eigenvalue weighted by atomic mass is 9.90. The normalized spacial score (nSPS) is 17.7. The third kappa shape index (κ3) is 20.9. The Kier molecular flexibility index (Phi) is 26.6. The minimum absolute atomic E-state index is 0.242. The van der Waals surface area contributed by atoms with Crippen LogP contribution < -0.4 is 53.2 Å². The molecule has 3 aliphatic carbocycles. The molecule has 10 N–H and O–H groups in total. The molecule has 3 saturated carbocycles. The Balaban J connectivity index is 0.000000164. The second-order valence-corrected chi connectivity index (χ2v) is 29.3. The molecule has 0 spiro atoms. The van der Waals surface area contributed by atoms with Crippen molar-refractivity contribution in [2.45, 2.75) is 160 Å². The summed E-state index contributed by atoms with van der Waals surface area (Å²) in [5.41, 5.74) is 12.6. The molecule has 0 bridgehead atoms. The van der Waals surface area contributed by atoms with E-state index in [1.54, 1.807) is 30.3 Å². The summed E-state index contributed by atoms with van der Waals surface area (Å²) in [7, 11) is 13.0. The SMILES string of the molecule is C=CC(=C)Nc1cccc(Nc2cc(NC3CCC(N(C)C)CC3)nc3c(C(C)C)cnn23)c1.C=CC(=O)Nc1ccc(C(=O)Nc2cccc(Nc3cc(NC4CCC(N(C)C)CC4)nc4c(CC)cnn34)c2)cc1.C=CC(=O)Nc1cccc(Nc2cc(NC3CCC(N(C)C)CC3)nc3c(CC)cnn23)c1. The highest BCUT2D eigenvalue weighted by atomic mass is 16.2. The van der Waals surface area contributed by atoms with E-state index in [-0.39, 0.29) is 17.7 Å². The maximum atomic E-state index is 12.9. The molecule has 3 aliphatic rings. The van der Waals surface area contributed by atoms with Crippen LogP contribution in [0.4, 0.5) is 74.7 Å². The average Bonchev–Trinajstić information content (AvgIpc) is 1.70. The van der Waals surface area contributed by atoms with E-state index in [0.717, 1.165) is 148 Å². The van der Waals surface area contributed by atoms with Crippen LogP contribution in [0.3, 0.4) is 0 Å². The summed E-state index contributed by atoms with van der Waals surface area (Å²) in [4.78, 5) is 57.9. The number of allylic oxidation sites excluding steroid dienone is 1.